The highest BCUT2D eigenvalue weighted by molar-refractivity contribution is 7.80. The second-order valence-electron chi connectivity index (χ2n) is 10.6. The summed E-state index contributed by atoms with van der Waals surface area (Å²) in [6.45, 7) is 4.66. The maximum Gasteiger partial charge on any atom is 0.272 e. The van der Waals surface area contributed by atoms with Crippen LogP contribution in [0.1, 0.15) is 44.2 Å². The highest BCUT2D eigenvalue weighted by Crippen LogP contribution is 2.67. The van der Waals surface area contributed by atoms with Crippen molar-refractivity contribution in [2.75, 3.05) is 11.9 Å². The van der Waals surface area contributed by atoms with Crippen LogP contribution in [0.15, 0.2) is 47.5 Å². The summed E-state index contributed by atoms with van der Waals surface area (Å²) in [5.41, 5.74) is 3.15. The fraction of sp³-hybridized carbons (Fsp3) is 0.444. The molecule has 2 saturated carbocycles. The van der Waals surface area contributed by atoms with Crippen LogP contribution in [-0.4, -0.2) is 46.9 Å². The van der Waals surface area contributed by atoms with E-state index in [1.807, 2.05) is 36.4 Å². The van der Waals surface area contributed by atoms with Crippen molar-refractivity contribution in [2.45, 2.75) is 51.4 Å². The highest BCUT2D eigenvalue weighted by atomic mass is 35.5. The molecule has 1 amide bonds. The molecule has 1 saturated heterocycles. The molecule has 6 atom stereocenters. The first-order chi connectivity index (χ1) is 16.7. The molecular formula is C27H28Cl2N4OS. The van der Waals surface area contributed by atoms with Crippen molar-refractivity contribution in [1.29, 1.82) is 0 Å². The van der Waals surface area contributed by atoms with E-state index < -0.39 is 6.17 Å². The first-order valence-corrected chi connectivity index (χ1v) is 13.4. The quantitative estimate of drug-likeness (QED) is 0.422. The molecule has 2 aliphatic carbocycles. The number of carbonyl (C=O) groups excluding carboxylic acids is 1. The van der Waals surface area contributed by atoms with E-state index in [1.54, 1.807) is 18.0 Å². The van der Waals surface area contributed by atoms with Crippen LogP contribution in [0.25, 0.3) is 0 Å². The molecular weight excluding hydrogens is 499 g/mol. The molecule has 0 bridgehead atoms. The van der Waals surface area contributed by atoms with Gasteiger partial charge in [-0.2, -0.15) is 0 Å². The lowest BCUT2D eigenvalue weighted by Gasteiger charge is -2.27. The molecule has 8 heteroatoms. The third kappa shape index (κ3) is 3.68. The Hall–Kier alpha value is -2.15. The number of anilines is 1. The average Bonchev–Trinajstić information content (AvgIpc) is 3.73. The van der Waals surface area contributed by atoms with E-state index in [-0.39, 0.29) is 5.91 Å². The summed E-state index contributed by atoms with van der Waals surface area (Å²) < 4.78 is 0. The van der Waals surface area contributed by atoms with Gasteiger partial charge in [-0.05, 0) is 79.9 Å². The fourth-order valence-electron chi connectivity index (χ4n) is 6.65. The summed E-state index contributed by atoms with van der Waals surface area (Å²) >= 11 is 18.8. The Balaban J connectivity index is 1.34. The number of fused-ring (bicyclic) bond motifs is 2. The lowest BCUT2D eigenvalue weighted by molar-refractivity contribution is -0.119. The molecule has 2 aromatic carbocycles. The zero-order valence-corrected chi connectivity index (χ0v) is 22.3. The van der Waals surface area contributed by atoms with E-state index in [1.165, 1.54) is 19.3 Å². The van der Waals surface area contributed by atoms with E-state index in [0.717, 1.165) is 28.7 Å². The third-order valence-electron chi connectivity index (χ3n) is 8.63. The van der Waals surface area contributed by atoms with Gasteiger partial charge in [0.15, 0.2) is 5.11 Å². The van der Waals surface area contributed by atoms with Crippen LogP contribution in [-0.2, 0) is 4.79 Å². The summed E-state index contributed by atoms with van der Waals surface area (Å²) in [6.07, 6.45) is 3.07. The lowest BCUT2D eigenvalue weighted by Crippen LogP contribution is -2.48. The van der Waals surface area contributed by atoms with E-state index in [0.29, 0.717) is 38.4 Å². The SMILES string of the molecule is CC1C(C2(C)CCC3CC32)N1C(=S)NC1N=C(c2ccccc2Cl)c2cc(Cl)ccc2N(C)C1=O. The van der Waals surface area contributed by atoms with Gasteiger partial charge in [-0.15, -0.1) is 0 Å². The summed E-state index contributed by atoms with van der Waals surface area (Å²) in [7, 11) is 1.76. The molecule has 2 heterocycles. The van der Waals surface area contributed by atoms with Crippen molar-refractivity contribution in [3.63, 3.8) is 0 Å². The van der Waals surface area contributed by atoms with Crippen LogP contribution in [0.2, 0.25) is 10.0 Å². The Morgan fingerprint density at radius 2 is 1.97 bits per heavy atom. The molecule has 5 nitrogen and oxygen atoms in total. The maximum atomic E-state index is 13.6. The second-order valence-corrected chi connectivity index (χ2v) is 11.8. The summed E-state index contributed by atoms with van der Waals surface area (Å²) in [5, 5.41) is 5.01. The first kappa shape index (κ1) is 23.3. The Labute approximate surface area is 221 Å². The normalized spacial score (nSPS) is 33.0. The number of rotatable bonds is 3. The van der Waals surface area contributed by atoms with Crippen molar-refractivity contribution in [2.24, 2.45) is 22.2 Å². The first-order valence-electron chi connectivity index (χ1n) is 12.2. The van der Waals surface area contributed by atoms with E-state index in [4.69, 9.17) is 40.4 Å². The Kier molecular flexibility index (Phi) is 5.44. The summed E-state index contributed by atoms with van der Waals surface area (Å²) in [4.78, 5) is 22.4. The zero-order valence-electron chi connectivity index (χ0n) is 20.0. The largest absolute Gasteiger partial charge is 0.339 e. The maximum absolute atomic E-state index is 13.6. The van der Waals surface area contributed by atoms with Crippen LogP contribution in [0.3, 0.4) is 0 Å². The van der Waals surface area contributed by atoms with Crippen molar-refractivity contribution in [1.82, 2.24) is 10.2 Å². The molecule has 2 aromatic rings. The van der Waals surface area contributed by atoms with Crippen molar-refractivity contribution >= 4 is 57.8 Å². The van der Waals surface area contributed by atoms with Crippen LogP contribution in [0.4, 0.5) is 5.69 Å². The molecule has 6 rings (SSSR count). The van der Waals surface area contributed by atoms with Crippen molar-refractivity contribution in [3.8, 4) is 0 Å². The summed E-state index contributed by atoms with van der Waals surface area (Å²) in [5.74, 6) is 1.54. The molecule has 6 unspecified atom stereocenters. The van der Waals surface area contributed by atoms with E-state index in [9.17, 15) is 4.79 Å². The molecule has 4 aliphatic rings. The van der Waals surface area contributed by atoms with Gasteiger partial charge in [-0.3, -0.25) is 4.79 Å². The smallest absolute Gasteiger partial charge is 0.272 e. The van der Waals surface area contributed by atoms with Gasteiger partial charge < -0.3 is 15.1 Å². The minimum atomic E-state index is -0.872. The number of thiocarbonyl (C=S) groups is 1. The topological polar surface area (TPSA) is 47.7 Å². The van der Waals surface area contributed by atoms with Crippen molar-refractivity contribution < 1.29 is 4.79 Å². The van der Waals surface area contributed by atoms with Gasteiger partial charge in [0.1, 0.15) is 0 Å². The summed E-state index contributed by atoms with van der Waals surface area (Å²) in [6, 6.07) is 13.8. The zero-order chi connectivity index (χ0) is 24.6. The average molecular weight is 528 g/mol. The van der Waals surface area contributed by atoms with Gasteiger partial charge in [0.2, 0.25) is 6.17 Å². The van der Waals surface area contributed by atoms with E-state index in [2.05, 4.69) is 24.1 Å². The van der Waals surface area contributed by atoms with Crippen LogP contribution >= 0.6 is 35.4 Å². The molecule has 0 radical (unpaired) electrons. The lowest BCUT2D eigenvalue weighted by atomic mass is 9.80. The van der Waals surface area contributed by atoms with E-state index >= 15 is 0 Å². The predicted molar refractivity (Wildman–Crippen MR) is 146 cm³/mol. The van der Waals surface area contributed by atoms with Gasteiger partial charge >= 0.3 is 0 Å². The molecule has 35 heavy (non-hydrogen) atoms. The minimum absolute atomic E-state index is 0.182. The third-order valence-corrected chi connectivity index (χ3v) is 9.52. The number of benzene rings is 2. The highest BCUT2D eigenvalue weighted by Gasteiger charge is 2.66. The Morgan fingerprint density at radius 1 is 1.20 bits per heavy atom. The number of nitrogens with zero attached hydrogens (tertiary/aromatic N) is 3. The fourth-order valence-corrected chi connectivity index (χ4v) is 7.44. The molecule has 1 N–H and O–H groups in total. The van der Waals surface area contributed by atoms with Gasteiger partial charge in [-0.1, -0.05) is 48.3 Å². The second kappa shape index (κ2) is 8.19. The number of nitrogens with one attached hydrogen (secondary N) is 1. The monoisotopic (exact) mass is 526 g/mol. The molecule has 2 aliphatic heterocycles. The number of hydrogen-bond acceptors (Lipinski definition) is 3. The molecule has 3 fully saturated rings. The van der Waals surface area contributed by atoms with Gasteiger partial charge in [0, 0.05) is 34.3 Å². The minimum Gasteiger partial charge on any atom is -0.339 e. The standard InChI is InChI=1S/C27H28Cl2N4OS/c1-14-23(27(2)11-10-15-12-19(15)27)33(14)26(35)31-24-25(34)32(3)21-9-8-16(28)13-18(21)22(30-24)17-6-4-5-7-20(17)29/h4-9,13-15,19,23-24H,10-12H2,1-3H3,(H,31,35). The van der Waals surface area contributed by atoms with Crippen LogP contribution in [0, 0.1) is 17.3 Å². The number of amides is 1. The number of benzodiazepines with no additional fused rings is 1. The number of hydrogen-bond donors (Lipinski definition) is 1. The molecule has 182 valence electrons. The molecule has 0 spiro atoms. The van der Waals surface area contributed by atoms with Gasteiger partial charge in [0.05, 0.1) is 17.4 Å². The van der Waals surface area contributed by atoms with Crippen LogP contribution in [0.5, 0.6) is 0 Å². The number of likely N-dealkylation sites (N-methyl/N-ethyl adjacent to an activating group) is 1. The number of carbonyl (C=O) groups is 1. The molecule has 0 aromatic heterocycles. The van der Waals surface area contributed by atoms with Gasteiger partial charge in [-0.25, -0.2) is 4.99 Å². The number of aliphatic imine (C=N–C) groups is 1. The predicted octanol–water partition coefficient (Wildman–Crippen LogP) is 5.52. The van der Waals surface area contributed by atoms with Crippen LogP contribution < -0.4 is 10.2 Å². The van der Waals surface area contributed by atoms with Gasteiger partial charge in [0.25, 0.3) is 5.91 Å². The van der Waals surface area contributed by atoms with Crippen molar-refractivity contribution in [3.05, 3.63) is 63.6 Å². The Bertz CT molecular complexity index is 1280. The number of halogens is 2. The Morgan fingerprint density at radius 3 is 2.66 bits per heavy atom.